The maximum absolute atomic E-state index is 12.2. The van der Waals surface area contributed by atoms with E-state index in [2.05, 4.69) is 10.0 Å². The highest BCUT2D eigenvalue weighted by atomic mass is 32.2. The van der Waals surface area contributed by atoms with E-state index in [1.54, 1.807) is 0 Å². The van der Waals surface area contributed by atoms with E-state index in [9.17, 15) is 18.5 Å². The SMILES string of the molecule is O=[N+]([O-])c1ccc(S(=O)(=O)NCC23CCCNC2C3)cc1. The number of hydrogen-bond donors (Lipinski definition) is 2. The van der Waals surface area contributed by atoms with Crippen LogP contribution in [-0.2, 0) is 10.0 Å². The Morgan fingerprint density at radius 1 is 1.38 bits per heavy atom. The molecule has 8 heteroatoms. The summed E-state index contributed by atoms with van der Waals surface area (Å²) in [5.41, 5.74) is -0.0576. The van der Waals surface area contributed by atoms with Gasteiger partial charge in [-0.3, -0.25) is 10.1 Å². The Balaban J connectivity index is 1.68. The molecule has 0 radical (unpaired) electrons. The van der Waals surface area contributed by atoms with E-state index < -0.39 is 14.9 Å². The molecule has 114 valence electrons. The predicted octanol–water partition coefficient (Wildman–Crippen LogP) is 1.02. The van der Waals surface area contributed by atoms with Gasteiger partial charge in [0, 0.05) is 30.1 Å². The highest BCUT2D eigenvalue weighted by Crippen LogP contribution is 2.51. The van der Waals surface area contributed by atoms with Gasteiger partial charge in [-0.05, 0) is 37.9 Å². The molecule has 2 aliphatic rings. The van der Waals surface area contributed by atoms with Crippen LogP contribution < -0.4 is 10.0 Å². The maximum Gasteiger partial charge on any atom is 0.269 e. The minimum absolute atomic E-state index is 0.0606. The van der Waals surface area contributed by atoms with E-state index in [0.29, 0.717) is 12.6 Å². The standard InChI is InChI=1S/C13H17N3O4S/c17-16(18)10-2-4-11(5-3-10)21(19,20)15-9-13-6-1-7-14-12(13)8-13/h2-5,12,14-15H,1,6-9H2. The number of sulfonamides is 1. The first-order valence-corrected chi connectivity index (χ1v) is 8.39. The summed E-state index contributed by atoms with van der Waals surface area (Å²) in [6.45, 7) is 1.42. The number of rotatable bonds is 5. The molecule has 0 aromatic heterocycles. The number of nitro groups is 1. The highest BCUT2D eigenvalue weighted by molar-refractivity contribution is 7.89. The topological polar surface area (TPSA) is 101 Å². The number of nitrogens with one attached hydrogen (secondary N) is 2. The van der Waals surface area contributed by atoms with E-state index in [0.717, 1.165) is 25.8 Å². The lowest BCUT2D eigenvalue weighted by Gasteiger charge is -2.22. The van der Waals surface area contributed by atoms with Crippen LogP contribution in [0.3, 0.4) is 0 Å². The van der Waals surface area contributed by atoms with Crippen molar-refractivity contribution in [3.63, 3.8) is 0 Å². The van der Waals surface area contributed by atoms with E-state index in [4.69, 9.17) is 0 Å². The Labute approximate surface area is 122 Å². The van der Waals surface area contributed by atoms with Gasteiger partial charge in [0.2, 0.25) is 10.0 Å². The van der Waals surface area contributed by atoms with E-state index in [1.165, 1.54) is 24.3 Å². The van der Waals surface area contributed by atoms with Crippen LogP contribution in [0, 0.1) is 15.5 Å². The zero-order chi connectivity index (χ0) is 15.1. The van der Waals surface area contributed by atoms with Crippen molar-refractivity contribution in [1.29, 1.82) is 0 Å². The molecule has 1 heterocycles. The van der Waals surface area contributed by atoms with Crippen LogP contribution in [0.1, 0.15) is 19.3 Å². The first-order valence-electron chi connectivity index (χ1n) is 6.91. The third kappa shape index (κ3) is 2.78. The van der Waals surface area contributed by atoms with Gasteiger partial charge in [-0.1, -0.05) is 0 Å². The van der Waals surface area contributed by atoms with Crippen molar-refractivity contribution < 1.29 is 13.3 Å². The molecule has 1 aromatic rings. The molecule has 1 saturated carbocycles. The summed E-state index contributed by atoms with van der Waals surface area (Å²) in [4.78, 5) is 10.1. The first kappa shape index (κ1) is 14.4. The lowest BCUT2D eigenvalue weighted by atomic mass is 9.97. The molecule has 1 aromatic carbocycles. The van der Waals surface area contributed by atoms with Crippen LogP contribution in [0.5, 0.6) is 0 Å². The van der Waals surface area contributed by atoms with Crippen molar-refractivity contribution in [2.45, 2.75) is 30.2 Å². The van der Waals surface area contributed by atoms with E-state index in [1.807, 2.05) is 0 Å². The monoisotopic (exact) mass is 311 g/mol. The lowest BCUT2D eigenvalue weighted by Crippen LogP contribution is -2.38. The van der Waals surface area contributed by atoms with Crippen LogP contribution in [0.2, 0.25) is 0 Å². The van der Waals surface area contributed by atoms with Gasteiger partial charge < -0.3 is 5.32 Å². The Morgan fingerprint density at radius 2 is 2.10 bits per heavy atom. The summed E-state index contributed by atoms with van der Waals surface area (Å²) in [6.07, 6.45) is 3.11. The Kier molecular flexibility index (Phi) is 3.46. The van der Waals surface area contributed by atoms with Crippen LogP contribution in [0.25, 0.3) is 0 Å². The van der Waals surface area contributed by atoms with E-state index >= 15 is 0 Å². The first-order chi connectivity index (χ1) is 9.93. The smallest absolute Gasteiger partial charge is 0.269 e. The van der Waals surface area contributed by atoms with Crippen LogP contribution in [0.4, 0.5) is 5.69 Å². The molecule has 0 bridgehead atoms. The zero-order valence-electron chi connectivity index (χ0n) is 11.4. The third-order valence-corrected chi connectivity index (χ3v) is 5.82. The molecule has 7 nitrogen and oxygen atoms in total. The van der Waals surface area contributed by atoms with Crippen LogP contribution in [-0.4, -0.2) is 32.5 Å². The Hall–Kier alpha value is -1.51. The Morgan fingerprint density at radius 3 is 2.71 bits per heavy atom. The second-order valence-corrected chi connectivity index (χ2v) is 7.52. The second-order valence-electron chi connectivity index (χ2n) is 5.75. The molecule has 1 saturated heterocycles. The van der Waals surface area contributed by atoms with Gasteiger partial charge in [0.25, 0.3) is 5.69 Å². The molecule has 2 unspecified atom stereocenters. The second kappa shape index (κ2) is 5.04. The molecule has 1 aliphatic heterocycles. The molecule has 0 amide bonds. The summed E-state index contributed by atoms with van der Waals surface area (Å²) in [6, 6.07) is 5.36. The largest absolute Gasteiger partial charge is 0.313 e. The molecule has 21 heavy (non-hydrogen) atoms. The van der Waals surface area contributed by atoms with Crippen LogP contribution >= 0.6 is 0 Å². The minimum Gasteiger partial charge on any atom is -0.313 e. The third-order valence-electron chi connectivity index (χ3n) is 4.40. The predicted molar refractivity (Wildman–Crippen MR) is 76.4 cm³/mol. The number of benzene rings is 1. The summed E-state index contributed by atoms with van der Waals surface area (Å²) in [5, 5.41) is 14.0. The number of hydrogen-bond acceptors (Lipinski definition) is 5. The highest BCUT2D eigenvalue weighted by Gasteiger charge is 2.55. The summed E-state index contributed by atoms with van der Waals surface area (Å²) < 4.78 is 27.1. The van der Waals surface area contributed by atoms with Crippen molar-refractivity contribution in [1.82, 2.24) is 10.0 Å². The molecule has 2 atom stereocenters. The van der Waals surface area contributed by atoms with Crippen LogP contribution in [0.15, 0.2) is 29.2 Å². The lowest BCUT2D eigenvalue weighted by molar-refractivity contribution is -0.384. The average molecular weight is 311 g/mol. The normalized spacial score (nSPS) is 27.9. The summed E-state index contributed by atoms with van der Waals surface area (Å²) in [7, 11) is -3.61. The summed E-state index contributed by atoms with van der Waals surface area (Å²) in [5.74, 6) is 0. The number of nitrogens with zero attached hydrogens (tertiary/aromatic N) is 1. The van der Waals surface area contributed by atoms with Crippen molar-refractivity contribution in [3.05, 3.63) is 34.4 Å². The van der Waals surface area contributed by atoms with Crippen molar-refractivity contribution >= 4 is 15.7 Å². The summed E-state index contributed by atoms with van der Waals surface area (Å²) >= 11 is 0. The molecular weight excluding hydrogens is 294 g/mol. The van der Waals surface area contributed by atoms with Crippen molar-refractivity contribution in [2.24, 2.45) is 5.41 Å². The molecule has 2 N–H and O–H groups in total. The molecular formula is C13H17N3O4S. The van der Waals surface area contributed by atoms with E-state index in [-0.39, 0.29) is 16.0 Å². The number of piperidine rings is 1. The molecule has 0 spiro atoms. The maximum atomic E-state index is 12.2. The van der Waals surface area contributed by atoms with Gasteiger partial charge >= 0.3 is 0 Å². The number of fused-ring (bicyclic) bond motifs is 1. The van der Waals surface area contributed by atoms with Gasteiger partial charge in [-0.15, -0.1) is 0 Å². The quantitative estimate of drug-likeness (QED) is 0.624. The molecule has 3 rings (SSSR count). The molecule has 1 aliphatic carbocycles. The fourth-order valence-corrected chi connectivity index (χ4v) is 4.12. The van der Waals surface area contributed by atoms with Gasteiger partial charge in [0.15, 0.2) is 0 Å². The minimum atomic E-state index is -3.61. The Bertz CT molecular complexity index is 658. The van der Waals surface area contributed by atoms with Crippen molar-refractivity contribution in [3.8, 4) is 0 Å². The van der Waals surface area contributed by atoms with Crippen molar-refractivity contribution in [2.75, 3.05) is 13.1 Å². The fraction of sp³-hybridized carbons (Fsp3) is 0.538. The van der Waals surface area contributed by atoms with Gasteiger partial charge in [-0.25, -0.2) is 13.1 Å². The fourth-order valence-electron chi connectivity index (χ4n) is 2.98. The average Bonchev–Trinajstić information content (AvgIpc) is 3.20. The zero-order valence-corrected chi connectivity index (χ0v) is 12.2. The number of nitro benzene ring substituents is 1. The van der Waals surface area contributed by atoms with Gasteiger partial charge in [0.1, 0.15) is 0 Å². The number of non-ortho nitro benzene ring substituents is 1. The van der Waals surface area contributed by atoms with Gasteiger partial charge in [-0.2, -0.15) is 0 Å². The van der Waals surface area contributed by atoms with Gasteiger partial charge in [0.05, 0.1) is 9.82 Å². The molecule has 2 fully saturated rings.